The molecule has 8 nitrogen and oxygen atoms in total. The molecular weight excluding hydrogens is 450 g/mol. The Kier molecular flexibility index (Phi) is 6.47. The van der Waals surface area contributed by atoms with E-state index in [1.165, 1.54) is 11.3 Å². The fourth-order valence-corrected chi connectivity index (χ4v) is 4.25. The first-order valence-corrected chi connectivity index (χ1v) is 11.5. The Morgan fingerprint density at radius 1 is 1.03 bits per heavy atom. The minimum Gasteiger partial charge on any atom is -0.444 e. The molecule has 0 saturated heterocycles. The van der Waals surface area contributed by atoms with Gasteiger partial charge in [-0.2, -0.15) is 0 Å². The number of benzene rings is 2. The Balaban J connectivity index is 1.58. The van der Waals surface area contributed by atoms with Gasteiger partial charge in [0.1, 0.15) is 5.60 Å². The van der Waals surface area contributed by atoms with Gasteiger partial charge in [0.2, 0.25) is 0 Å². The predicted octanol–water partition coefficient (Wildman–Crippen LogP) is 5.81. The van der Waals surface area contributed by atoms with Crippen LogP contribution in [0.4, 0.5) is 15.6 Å². The zero-order chi connectivity index (χ0) is 24.3. The average Bonchev–Trinajstić information content (AvgIpc) is 3.39. The zero-order valence-corrected chi connectivity index (χ0v) is 20.1. The van der Waals surface area contributed by atoms with Crippen molar-refractivity contribution in [1.29, 1.82) is 0 Å². The van der Waals surface area contributed by atoms with Crippen LogP contribution in [-0.2, 0) is 11.8 Å². The molecule has 0 aliphatic carbocycles. The van der Waals surface area contributed by atoms with Crippen molar-refractivity contribution < 1.29 is 14.3 Å². The standard InChI is InChI=1S/C25H25N5O3S/c1-25(2,3)33-24(32)27-18-12-8-11-17(15-18)22(31)29-23-28-19(16-9-6-5-7-10-16)20(34-23)21-26-13-14-30(21)4/h5-15H,1-4H3,(H,27,32)(H,28,29,31). The molecule has 0 fully saturated rings. The van der Waals surface area contributed by atoms with Crippen LogP contribution in [0.25, 0.3) is 22.0 Å². The fraction of sp³-hybridized carbons (Fsp3) is 0.200. The molecule has 2 heterocycles. The second-order valence-electron chi connectivity index (χ2n) is 8.59. The normalized spacial score (nSPS) is 11.2. The second kappa shape index (κ2) is 9.48. The van der Waals surface area contributed by atoms with Crippen molar-refractivity contribution in [2.75, 3.05) is 10.6 Å². The quantitative estimate of drug-likeness (QED) is 0.380. The number of thiazole rings is 1. The molecule has 2 aromatic heterocycles. The molecule has 2 amide bonds. The molecule has 34 heavy (non-hydrogen) atoms. The Morgan fingerprint density at radius 3 is 2.47 bits per heavy atom. The largest absolute Gasteiger partial charge is 0.444 e. The molecule has 0 unspecified atom stereocenters. The fourth-order valence-electron chi connectivity index (χ4n) is 3.23. The summed E-state index contributed by atoms with van der Waals surface area (Å²) >= 11 is 1.35. The molecule has 2 N–H and O–H groups in total. The molecule has 174 valence electrons. The highest BCUT2D eigenvalue weighted by Crippen LogP contribution is 2.38. The Labute approximate surface area is 201 Å². The molecule has 2 aromatic carbocycles. The number of nitrogens with zero attached hydrogens (tertiary/aromatic N) is 3. The van der Waals surface area contributed by atoms with E-state index in [1.807, 2.05) is 48.1 Å². The molecule has 4 rings (SSSR count). The van der Waals surface area contributed by atoms with Crippen molar-refractivity contribution in [2.24, 2.45) is 7.05 Å². The number of aromatic nitrogens is 3. The summed E-state index contributed by atoms with van der Waals surface area (Å²) in [6.07, 6.45) is 3.01. The molecule has 0 saturated carbocycles. The van der Waals surface area contributed by atoms with Gasteiger partial charge >= 0.3 is 6.09 Å². The average molecular weight is 476 g/mol. The summed E-state index contributed by atoms with van der Waals surface area (Å²) in [6.45, 7) is 5.36. The Hall–Kier alpha value is -3.98. The lowest BCUT2D eigenvalue weighted by molar-refractivity contribution is 0.0635. The maximum absolute atomic E-state index is 13.0. The number of ether oxygens (including phenoxy) is 1. The number of rotatable bonds is 5. The minimum absolute atomic E-state index is 0.340. The van der Waals surface area contributed by atoms with Crippen LogP contribution in [0.15, 0.2) is 67.0 Å². The summed E-state index contributed by atoms with van der Waals surface area (Å²) in [7, 11) is 1.91. The summed E-state index contributed by atoms with van der Waals surface area (Å²) in [5, 5.41) is 5.98. The molecule has 0 bridgehead atoms. The molecule has 0 spiro atoms. The predicted molar refractivity (Wildman–Crippen MR) is 134 cm³/mol. The van der Waals surface area contributed by atoms with E-state index in [1.54, 1.807) is 51.2 Å². The first kappa shape index (κ1) is 23.2. The maximum Gasteiger partial charge on any atom is 0.412 e. The SMILES string of the molecule is Cn1ccnc1-c1sc(NC(=O)c2cccc(NC(=O)OC(C)(C)C)c2)nc1-c1ccccc1. The number of carbonyl (C=O) groups is 2. The van der Waals surface area contributed by atoms with Crippen molar-refractivity contribution in [1.82, 2.24) is 14.5 Å². The highest BCUT2D eigenvalue weighted by Gasteiger charge is 2.20. The minimum atomic E-state index is -0.620. The molecule has 9 heteroatoms. The number of amides is 2. The van der Waals surface area contributed by atoms with Crippen LogP contribution in [-0.4, -0.2) is 32.1 Å². The molecule has 0 aliphatic heterocycles. The lowest BCUT2D eigenvalue weighted by Gasteiger charge is -2.19. The van der Waals surface area contributed by atoms with E-state index in [9.17, 15) is 9.59 Å². The number of imidazole rings is 1. The van der Waals surface area contributed by atoms with Gasteiger partial charge in [-0.3, -0.25) is 15.4 Å². The molecule has 0 atom stereocenters. The zero-order valence-electron chi connectivity index (χ0n) is 19.3. The monoisotopic (exact) mass is 475 g/mol. The van der Waals surface area contributed by atoms with Crippen molar-refractivity contribution >= 4 is 34.2 Å². The number of carbonyl (C=O) groups excluding carboxylic acids is 2. The van der Waals surface area contributed by atoms with E-state index in [2.05, 4.69) is 15.6 Å². The van der Waals surface area contributed by atoms with E-state index in [-0.39, 0.29) is 5.91 Å². The first-order valence-electron chi connectivity index (χ1n) is 10.6. The third-order valence-electron chi connectivity index (χ3n) is 4.69. The van der Waals surface area contributed by atoms with Crippen LogP contribution >= 0.6 is 11.3 Å². The second-order valence-corrected chi connectivity index (χ2v) is 9.59. The van der Waals surface area contributed by atoms with E-state index < -0.39 is 11.7 Å². The highest BCUT2D eigenvalue weighted by molar-refractivity contribution is 7.19. The smallest absolute Gasteiger partial charge is 0.412 e. The summed E-state index contributed by atoms with van der Waals surface area (Å²) in [5.41, 5.74) is 1.89. The first-order chi connectivity index (χ1) is 16.2. The highest BCUT2D eigenvalue weighted by atomic mass is 32.1. The van der Waals surface area contributed by atoms with Crippen LogP contribution < -0.4 is 10.6 Å². The summed E-state index contributed by atoms with van der Waals surface area (Å²) in [5.74, 6) is 0.424. The van der Waals surface area contributed by atoms with Crippen molar-refractivity contribution in [3.63, 3.8) is 0 Å². The maximum atomic E-state index is 13.0. The van der Waals surface area contributed by atoms with E-state index in [0.29, 0.717) is 16.4 Å². The van der Waals surface area contributed by atoms with Crippen LogP contribution in [0.1, 0.15) is 31.1 Å². The number of hydrogen-bond acceptors (Lipinski definition) is 6. The van der Waals surface area contributed by atoms with E-state index in [4.69, 9.17) is 9.72 Å². The summed E-state index contributed by atoms with van der Waals surface area (Å²) in [4.78, 5) is 35.1. The molecule has 0 radical (unpaired) electrons. The summed E-state index contributed by atoms with van der Waals surface area (Å²) in [6, 6.07) is 16.4. The lowest BCUT2D eigenvalue weighted by Crippen LogP contribution is -2.27. The number of aryl methyl sites for hydroxylation is 1. The number of nitrogens with one attached hydrogen (secondary N) is 2. The topological polar surface area (TPSA) is 98.1 Å². The van der Waals surface area contributed by atoms with Gasteiger partial charge in [0.25, 0.3) is 5.91 Å². The van der Waals surface area contributed by atoms with Crippen molar-refractivity contribution in [2.45, 2.75) is 26.4 Å². The van der Waals surface area contributed by atoms with Crippen LogP contribution in [0.5, 0.6) is 0 Å². The number of hydrogen-bond donors (Lipinski definition) is 2. The van der Waals surface area contributed by atoms with Gasteiger partial charge in [-0.25, -0.2) is 14.8 Å². The molecule has 4 aromatic rings. The van der Waals surface area contributed by atoms with Gasteiger partial charge in [0.05, 0.1) is 10.6 Å². The van der Waals surface area contributed by atoms with Crippen LogP contribution in [0, 0.1) is 0 Å². The third-order valence-corrected chi connectivity index (χ3v) is 5.66. The number of anilines is 2. The Morgan fingerprint density at radius 2 is 1.79 bits per heavy atom. The summed E-state index contributed by atoms with van der Waals surface area (Å²) < 4.78 is 7.19. The van der Waals surface area contributed by atoms with Crippen molar-refractivity contribution in [3.05, 3.63) is 72.6 Å². The van der Waals surface area contributed by atoms with E-state index in [0.717, 1.165) is 22.0 Å². The third kappa shape index (κ3) is 5.49. The molecule has 0 aliphatic rings. The van der Waals surface area contributed by atoms with Gasteiger partial charge in [0.15, 0.2) is 11.0 Å². The van der Waals surface area contributed by atoms with Crippen molar-refractivity contribution in [3.8, 4) is 22.0 Å². The van der Waals surface area contributed by atoms with Crippen LogP contribution in [0.3, 0.4) is 0 Å². The lowest BCUT2D eigenvalue weighted by atomic mass is 10.1. The van der Waals surface area contributed by atoms with Gasteiger partial charge in [-0.1, -0.05) is 47.7 Å². The van der Waals surface area contributed by atoms with Gasteiger partial charge in [0, 0.05) is 36.3 Å². The van der Waals surface area contributed by atoms with Gasteiger partial charge < -0.3 is 9.30 Å². The van der Waals surface area contributed by atoms with E-state index >= 15 is 0 Å². The Bertz CT molecular complexity index is 1320. The van der Waals surface area contributed by atoms with Crippen LogP contribution in [0.2, 0.25) is 0 Å². The van der Waals surface area contributed by atoms with Gasteiger partial charge in [-0.15, -0.1) is 0 Å². The van der Waals surface area contributed by atoms with Gasteiger partial charge in [-0.05, 0) is 39.0 Å². The molecular formula is C25H25N5O3S.